The minimum absolute atomic E-state index is 0.636. The maximum absolute atomic E-state index is 12.7. The Morgan fingerprint density at radius 1 is 0.950 bits per heavy atom. The maximum Gasteiger partial charge on any atom is 0.391 e. The summed E-state index contributed by atoms with van der Waals surface area (Å²) in [7, 11) is 0. The van der Waals surface area contributed by atoms with Crippen molar-refractivity contribution in [3.8, 4) is 0 Å². The van der Waals surface area contributed by atoms with Gasteiger partial charge in [-0.05, 0) is 24.6 Å². The summed E-state index contributed by atoms with van der Waals surface area (Å²) in [5.41, 5.74) is 2.35. The van der Waals surface area contributed by atoms with Crippen molar-refractivity contribution >= 4 is 5.69 Å². The minimum Gasteiger partial charge on any atom is -0.378 e. The molecule has 2 aromatic carbocycles. The van der Waals surface area contributed by atoms with Gasteiger partial charge in [-0.25, -0.2) is 0 Å². The van der Waals surface area contributed by atoms with E-state index in [0.29, 0.717) is 11.3 Å². The zero-order chi connectivity index (χ0) is 14.6. The van der Waals surface area contributed by atoms with Crippen LogP contribution in [-0.4, -0.2) is 6.18 Å². The lowest BCUT2D eigenvalue weighted by molar-refractivity contribution is -0.137. The molecule has 0 saturated heterocycles. The highest BCUT2D eigenvalue weighted by molar-refractivity contribution is 5.45. The van der Waals surface area contributed by atoms with E-state index >= 15 is 0 Å². The highest BCUT2D eigenvalue weighted by Crippen LogP contribution is 2.32. The summed E-state index contributed by atoms with van der Waals surface area (Å²) in [6.45, 7) is 1.91. The molecule has 4 heteroatoms. The Labute approximate surface area is 116 Å². The van der Waals surface area contributed by atoms with Crippen LogP contribution in [0.5, 0.6) is 0 Å². The third-order valence-electron chi connectivity index (χ3n) is 3.03. The first-order valence-electron chi connectivity index (χ1n) is 6.39. The smallest absolute Gasteiger partial charge is 0.378 e. The average molecular weight is 279 g/mol. The summed E-state index contributed by atoms with van der Waals surface area (Å²) in [5.74, 6) is 0. The summed E-state index contributed by atoms with van der Waals surface area (Å²) in [5, 5.41) is 2.95. The van der Waals surface area contributed by atoms with E-state index in [1.54, 1.807) is 36.4 Å². The zero-order valence-electron chi connectivity index (χ0n) is 11.1. The van der Waals surface area contributed by atoms with E-state index in [1.165, 1.54) is 0 Å². The van der Waals surface area contributed by atoms with Crippen molar-refractivity contribution in [2.75, 3.05) is 5.32 Å². The van der Waals surface area contributed by atoms with Crippen molar-refractivity contribution in [1.29, 1.82) is 0 Å². The van der Waals surface area contributed by atoms with E-state index < -0.39 is 18.6 Å². The molecule has 106 valence electrons. The molecule has 0 aliphatic heterocycles. The molecule has 0 aliphatic carbocycles. The predicted molar refractivity (Wildman–Crippen MR) is 74.7 cm³/mol. The van der Waals surface area contributed by atoms with Crippen LogP contribution >= 0.6 is 0 Å². The number of aryl methyl sites for hydroxylation is 1. The summed E-state index contributed by atoms with van der Waals surface area (Å²) in [6.07, 6.45) is -5.11. The van der Waals surface area contributed by atoms with Gasteiger partial charge in [0.1, 0.15) is 0 Å². The number of rotatable bonds is 4. The van der Waals surface area contributed by atoms with Crippen LogP contribution in [0.25, 0.3) is 0 Å². The second kappa shape index (κ2) is 5.99. The highest BCUT2D eigenvalue weighted by Gasteiger charge is 2.32. The monoisotopic (exact) mass is 279 g/mol. The largest absolute Gasteiger partial charge is 0.391 e. The van der Waals surface area contributed by atoms with Crippen molar-refractivity contribution < 1.29 is 13.2 Å². The molecule has 1 unspecified atom stereocenters. The van der Waals surface area contributed by atoms with E-state index in [1.807, 2.05) is 25.1 Å². The molecule has 0 bridgehead atoms. The summed E-state index contributed by atoms with van der Waals surface area (Å²) in [4.78, 5) is 0. The first-order chi connectivity index (χ1) is 9.44. The van der Waals surface area contributed by atoms with Crippen LogP contribution in [0.4, 0.5) is 18.9 Å². The first-order valence-corrected chi connectivity index (χ1v) is 6.39. The summed E-state index contributed by atoms with van der Waals surface area (Å²) >= 11 is 0. The summed E-state index contributed by atoms with van der Waals surface area (Å²) in [6, 6.07) is 15.3. The average Bonchev–Trinajstić information content (AvgIpc) is 2.38. The van der Waals surface area contributed by atoms with Crippen LogP contribution in [0.2, 0.25) is 0 Å². The van der Waals surface area contributed by atoms with E-state index in [4.69, 9.17) is 0 Å². The molecule has 0 fully saturated rings. The third-order valence-corrected chi connectivity index (χ3v) is 3.03. The van der Waals surface area contributed by atoms with Gasteiger partial charge in [0.15, 0.2) is 0 Å². The van der Waals surface area contributed by atoms with Crippen LogP contribution in [0.3, 0.4) is 0 Å². The molecule has 1 N–H and O–H groups in total. The Morgan fingerprint density at radius 2 is 1.55 bits per heavy atom. The van der Waals surface area contributed by atoms with Crippen molar-refractivity contribution in [3.05, 3.63) is 65.7 Å². The molecule has 0 saturated carbocycles. The molecule has 0 aromatic heterocycles. The van der Waals surface area contributed by atoms with E-state index in [0.717, 1.165) is 5.56 Å². The Balaban J connectivity index is 2.22. The molecule has 0 aliphatic rings. The Kier molecular flexibility index (Phi) is 4.32. The topological polar surface area (TPSA) is 12.0 Å². The van der Waals surface area contributed by atoms with Crippen LogP contribution in [0.1, 0.15) is 23.6 Å². The van der Waals surface area contributed by atoms with Gasteiger partial charge in [0.25, 0.3) is 0 Å². The molecule has 0 spiro atoms. The fourth-order valence-corrected chi connectivity index (χ4v) is 2.02. The Morgan fingerprint density at radius 3 is 2.10 bits per heavy atom. The lowest BCUT2D eigenvalue weighted by atomic mass is 10.0. The van der Waals surface area contributed by atoms with Gasteiger partial charge in [-0.15, -0.1) is 0 Å². The Bertz CT molecular complexity index is 532. The molecular weight excluding hydrogens is 263 g/mol. The quantitative estimate of drug-likeness (QED) is 0.821. The van der Waals surface area contributed by atoms with Gasteiger partial charge in [-0.3, -0.25) is 0 Å². The molecule has 20 heavy (non-hydrogen) atoms. The molecule has 2 aromatic rings. The molecule has 2 rings (SSSR count). The van der Waals surface area contributed by atoms with Crippen molar-refractivity contribution in [3.63, 3.8) is 0 Å². The van der Waals surface area contributed by atoms with Gasteiger partial charge in [0.2, 0.25) is 0 Å². The SMILES string of the molecule is Cc1ccc(C(CC(F)(F)F)Nc2ccccc2)cc1. The molecule has 1 atom stereocenters. The number of alkyl halides is 3. The number of para-hydroxylation sites is 1. The molecule has 0 amide bonds. The second-order valence-corrected chi connectivity index (χ2v) is 4.79. The highest BCUT2D eigenvalue weighted by atomic mass is 19.4. The van der Waals surface area contributed by atoms with Crippen LogP contribution < -0.4 is 5.32 Å². The molecule has 1 nitrogen and oxygen atoms in total. The molecular formula is C16H16F3N. The maximum atomic E-state index is 12.7. The lowest BCUT2D eigenvalue weighted by Gasteiger charge is -2.22. The van der Waals surface area contributed by atoms with Crippen LogP contribution in [0, 0.1) is 6.92 Å². The van der Waals surface area contributed by atoms with Gasteiger partial charge < -0.3 is 5.32 Å². The first kappa shape index (κ1) is 14.4. The Hall–Kier alpha value is -1.97. The number of nitrogens with one attached hydrogen (secondary N) is 1. The standard InChI is InChI=1S/C16H16F3N/c1-12-7-9-13(10-8-12)15(11-16(17,18)19)20-14-5-3-2-4-6-14/h2-10,15,20H,11H2,1H3. The van der Waals surface area contributed by atoms with Crippen LogP contribution in [0.15, 0.2) is 54.6 Å². The van der Waals surface area contributed by atoms with Crippen LogP contribution in [-0.2, 0) is 0 Å². The third kappa shape index (κ3) is 4.30. The number of anilines is 1. The van der Waals surface area contributed by atoms with Gasteiger partial charge in [-0.1, -0.05) is 48.0 Å². The van der Waals surface area contributed by atoms with Gasteiger partial charge in [0, 0.05) is 5.69 Å². The lowest BCUT2D eigenvalue weighted by Crippen LogP contribution is -2.20. The summed E-state index contributed by atoms with van der Waals surface area (Å²) < 4.78 is 38.2. The predicted octanol–water partition coefficient (Wildman–Crippen LogP) is 5.10. The minimum atomic E-state index is -4.21. The normalized spacial score (nSPS) is 13.0. The van der Waals surface area contributed by atoms with Crippen molar-refractivity contribution in [2.45, 2.75) is 25.6 Å². The van der Waals surface area contributed by atoms with E-state index in [9.17, 15) is 13.2 Å². The number of benzene rings is 2. The fraction of sp³-hybridized carbons (Fsp3) is 0.250. The van der Waals surface area contributed by atoms with E-state index in [2.05, 4.69) is 5.32 Å². The number of hydrogen-bond donors (Lipinski definition) is 1. The van der Waals surface area contributed by atoms with Gasteiger partial charge >= 0.3 is 6.18 Å². The van der Waals surface area contributed by atoms with Gasteiger partial charge in [-0.2, -0.15) is 13.2 Å². The number of hydrogen-bond acceptors (Lipinski definition) is 1. The fourth-order valence-electron chi connectivity index (χ4n) is 2.02. The molecule has 0 radical (unpaired) electrons. The van der Waals surface area contributed by atoms with Crippen molar-refractivity contribution in [2.24, 2.45) is 0 Å². The van der Waals surface area contributed by atoms with Gasteiger partial charge in [0.05, 0.1) is 12.5 Å². The second-order valence-electron chi connectivity index (χ2n) is 4.79. The zero-order valence-corrected chi connectivity index (χ0v) is 11.1. The van der Waals surface area contributed by atoms with Crippen molar-refractivity contribution in [1.82, 2.24) is 0 Å². The number of halogens is 3. The molecule has 0 heterocycles. The van der Waals surface area contributed by atoms with E-state index in [-0.39, 0.29) is 0 Å².